The van der Waals surface area contributed by atoms with Crippen molar-refractivity contribution in [2.24, 2.45) is 5.92 Å². The highest BCUT2D eigenvalue weighted by Gasteiger charge is 2.36. The zero-order valence-corrected chi connectivity index (χ0v) is 8.38. The minimum Gasteiger partial charge on any atom is -0.450 e. The second kappa shape index (κ2) is 4.86. The second-order valence-electron chi connectivity index (χ2n) is 3.68. The van der Waals surface area contributed by atoms with Crippen LogP contribution in [0.2, 0.25) is 0 Å². The fourth-order valence-electron chi connectivity index (χ4n) is 1.90. The number of carbonyl (C=O) groups is 2. The van der Waals surface area contributed by atoms with Crippen molar-refractivity contribution >= 4 is 12.3 Å². The zero-order chi connectivity index (χ0) is 11.4. The maximum Gasteiger partial charge on any atom is 0.506 e. The average molecular weight is 218 g/mol. The normalized spacial score (nSPS) is 30.6. The van der Waals surface area contributed by atoms with Gasteiger partial charge in [-0.05, 0) is 25.2 Å². The van der Waals surface area contributed by atoms with Crippen molar-refractivity contribution < 1.29 is 29.3 Å². The molecule has 1 aliphatic carbocycles. The third-order valence-electron chi connectivity index (χ3n) is 2.56. The molecule has 0 heterocycles. The van der Waals surface area contributed by atoms with Gasteiger partial charge in [-0.25, -0.2) is 9.59 Å². The highest BCUT2D eigenvalue weighted by atomic mass is 16.7. The summed E-state index contributed by atoms with van der Waals surface area (Å²) in [5.74, 6) is -0.0146. The molecule has 1 aliphatic rings. The van der Waals surface area contributed by atoms with Gasteiger partial charge in [-0.2, -0.15) is 0 Å². The van der Waals surface area contributed by atoms with Gasteiger partial charge >= 0.3 is 12.3 Å². The van der Waals surface area contributed by atoms with Gasteiger partial charge in [0.15, 0.2) is 0 Å². The van der Waals surface area contributed by atoms with E-state index in [2.05, 4.69) is 9.47 Å². The van der Waals surface area contributed by atoms with Crippen molar-refractivity contribution in [3.8, 4) is 0 Å². The molecule has 1 saturated carbocycles. The van der Waals surface area contributed by atoms with E-state index in [-0.39, 0.29) is 5.92 Å². The summed E-state index contributed by atoms with van der Waals surface area (Å²) < 4.78 is 9.25. The molecule has 0 radical (unpaired) electrons. The summed E-state index contributed by atoms with van der Waals surface area (Å²) in [4.78, 5) is 20.8. The molecule has 15 heavy (non-hydrogen) atoms. The van der Waals surface area contributed by atoms with E-state index in [0.29, 0.717) is 6.42 Å². The van der Waals surface area contributed by atoms with Crippen LogP contribution in [-0.2, 0) is 9.47 Å². The lowest BCUT2D eigenvalue weighted by atomic mass is 9.85. The predicted octanol–water partition coefficient (Wildman–Crippen LogP) is 1.93. The molecule has 0 amide bonds. The Morgan fingerprint density at radius 3 is 2.27 bits per heavy atom. The summed E-state index contributed by atoms with van der Waals surface area (Å²) in [6, 6.07) is 0. The number of rotatable bonds is 2. The van der Waals surface area contributed by atoms with Gasteiger partial charge in [-0.15, -0.1) is 0 Å². The number of carboxylic acid groups (broad SMARTS) is 2. The first-order chi connectivity index (χ1) is 7.00. The van der Waals surface area contributed by atoms with Gasteiger partial charge in [0.2, 0.25) is 0 Å². The predicted molar refractivity (Wildman–Crippen MR) is 48.8 cm³/mol. The lowest BCUT2D eigenvalue weighted by molar-refractivity contribution is -0.0782. The highest BCUT2D eigenvalue weighted by molar-refractivity contribution is 5.58. The molecule has 6 nitrogen and oxygen atoms in total. The molecule has 0 aromatic heterocycles. The molecule has 0 aromatic carbocycles. The van der Waals surface area contributed by atoms with E-state index in [1.54, 1.807) is 0 Å². The summed E-state index contributed by atoms with van der Waals surface area (Å²) in [6.07, 6.45) is -2.01. The summed E-state index contributed by atoms with van der Waals surface area (Å²) in [5.41, 5.74) is 0. The van der Waals surface area contributed by atoms with Crippen LogP contribution in [0.5, 0.6) is 0 Å². The Kier molecular flexibility index (Phi) is 3.76. The average Bonchev–Trinajstić information content (AvgIpc) is 2.09. The van der Waals surface area contributed by atoms with Crippen LogP contribution in [0, 0.1) is 5.92 Å². The number of hydrogen-bond acceptors (Lipinski definition) is 4. The monoisotopic (exact) mass is 218 g/mol. The van der Waals surface area contributed by atoms with E-state index in [4.69, 9.17) is 10.2 Å². The molecule has 0 spiro atoms. The van der Waals surface area contributed by atoms with E-state index in [9.17, 15) is 9.59 Å². The van der Waals surface area contributed by atoms with Crippen molar-refractivity contribution in [3.05, 3.63) is 0 Å². The van der Waals surface area contributed by atoms with Crippen LogP contribution in [-0.4, -0.2) is 34.7 Å². The van der Waals surface area contributed by atoms with E-state index in [0.717, 1.165) is 12.8 Å². The van der Waals surface area contributed by atoms with Crippen molar-refractivity contribution in [2.45, 2.75) is 38.4 Å². The van der Waals surface area contributed by atoms with Crippen LogP contribution in [0.15, 0.2) is 0 Å². The molecule has 0 saturated heterocycles. The summed E-state index contributed by atoms with van der Waals surface area (Å²) in [5, 5.41) is 17.0. The summed E-state index contributed by atoms with van der Waals surface area (Å²) in [7, 11) is 0. The molecule has 0 aromatic rings. The van der Waals surface area contributed by atoms with Gasteiger partial charge < -0.3 is 19.7 Å². The van der Waals surface area contributed by atoms with Crippen molar-refractivity contribution in [2.75, 3.05) is 0 Å². The maximum absolute atomic E-state index is 10.4. The van der Waals surface area contributed by atoms with Crippen LogP contribution >= 0.6 is 0 Å². The second-order valence-corrected chi connectivity index (χ2v) is 3.68. The highest BCUT2D eigenvalue weighted by Crippen LogP contribution is 2.29. The Hall–Kier alpha value is -1.46. The molecule has 86 valence electrons. The van der Waals surface area contributed by atoms with Crippen molar-refractivity contribution in [1.29, 1.82) is 0 Å². The molecular formula is C9H14O6. The molecule has 0 aliphatic heterocycles. The first-order valence-electron chi connectivity index (χ1n) is 4.80. The van der Waals surface area contributed by atoms with Gasteiger partial charge in [0.05, 0.1) is 0 Å². The lowest BCUT2D eigenvalue weighted by Gasteiger charge is -2.33. The largest absolute Gasteiger partial charge is 0.506 e. The Balaban J connectivity index is 2.63. The third-order valence-corrected chi connectivity index (χ3v) is 2.56. The van der Waals surface area contributed by atoms with Gasteiger partial charge in [0.1, 0.15) is 12.2 Å². The minimum absolute atomic E-state index is 0.0146. The van der Waals surface area contributed by atoms with Crippen molar-refractivity contribution in [1.82, 2.24) is 0 Å². The molecule has 6 heteroatoms. The number of ether oxygens (including phenoxy) is 2. The van der Waals surface area contributed by atoms with Gasteiger partial charge in [0.25, 0.3) is 0 Å². The van der Waals surface area contributed by atoms with Gasteiger partial charge in [-0.3, -0.25) is 0 Å². The summed E-state index contributed by atoms with van der Waals surface area (Å²) >= 11 is 0. The van der Waals surface area contributed by atoms with E-state index < -0.39 is 24.5 Å². The SMILES string of the molecule is CC1CCCC(OC(=O)O)C1OC(=O)O. The van der Waals surface area contributed by atoms with Gasteiger partial charge in [-0.1, -0.05) is 6.92 Å². The Morgan fingerprint density at radius 1 is 1.13 bits per heavy atom. The maximum atomic E-state index is 10.4. The van der Waals surface area contributed by atoms with E-state index in [1.165, 1.54) is 0 Å². The Labute approximate surface area is 86.8 Å². The van der Waals surface area contributed by atoms with Crippen LogP contribution in [0.1, 0.15) is 26.2 Å². The lowest BCUT2D eigenvalue weighted by Crippen LogP contribution is -2.42. The quantitative estimate of drug-likeness (QED) is 0.688. The Morgan fingerprint density at radius 2 is 1.73 bits per heavy atom. The van der Waals surface area contributed by atoms with Crippen LogP contribution < -0.4 is 0 Å². The standard InChI is InChI=1S/C9H14O6/c1-5-3-2-4-6(14-8(10)11)7(5)15-9(12)13/h5-7H,2-4H2,1H3,(H,10,11)(H,12,13). The van der Waals surface area contributed by atoms with Gasteiger partial charge in [0, 0.05) is 0 Å². The fourth-order valence-corrected chi connectivity index (χ4v) is 1.90. The van der Waals surface area contributed by atoms with Crippen LogP contribution in [0.4, 0.5) is 9.59 Å². The smallest absolute Gasteiger partial charge is 0.450 e. The first-order valence-corrected chi connectivity index (χ1v) is 4.80. The molecule has 1 fully saturated rings. The van der Waals surface area contributed by atoms with E-state index in [1.807, 2.05) is 6.92 Å². The Bertz CT molecular complexity index is 251. The van der Waals surface area contributed by atoms with Crippen LogP contribution in [0.3, 0.4) is 0 Å². The van der Waals surface area contributed by atoms with Crippen LogP contribution in [0.25, 0.3) is 0 Å². The molecule has 2 N–H and O–H groups in total. The molecular weight excluding hydrogens is 204 g/mol. The minimum atomic E-state index is -1.40. The number of hydrogen-bond donors (Lipinski definition) is 2. The fraction of sp³-hybridized carbons (Fsp3) is 0.778. The molecule has 3 unspecified atom stereocenters. The molecule has 1 rings (SSSR count). The topological polar surface area (TPSA) is 93.1 Å². The van der Waals surface area contributed by atoms with E-state index >= 15 is 0 Å². The van der Waals surface area contributed by atoms with Crippen molar-refractivity contribution in [3.63, 3.8) is 0 Å². The molecule has 0 bridgehead atoms. The first kappa shape index (κ1) is 11.6. The molecule has 3 atom stereocenters. The zero-order valence-electron chi connectivity index (χ0n) is 8.38. The third kappa shape index (κ3) is 3.30. The summed E-state index contributed by atoms with van der Waals surface area (Å²) in [6.45, 7) is 1.82.